The summed E-state index contributed by atoms with van der Waals surface area (Å²) in [5, 5.41) is 33.5. The number of phenolic OH excluding ortho intramolecular Hbond substituents is 1. The van der Waals surface area contributed by atoms with Gasteiger partial charge in [0, 0.05) is 18.1 Å². The van der Waals surface area contributed by atoms with Crippen molar-refractivity contribution in [3.05, 3.63) is 40.7 Å². The number of fused-ring (bicyclic) bond motifs is 1. The third kappa shape index (κ3) is 3.27. The second-order valence-corrected chi connectivity index (χ2v) is 10.9. The number of aromatic hydroxyl groups is 1. The normalized spacial score (nSPS) is 33.5. The summed E-state index contributed by atoms with van der Waals surface area (Å²) in [7, 11) is 0. The van der Waals surface area contributed by atoms with E-state index in [0.717, 1.165) is 0 Å². The zero-order chi connectivity index (χ0) is 27.9. The van der Waals surface area contributed by atoms with E-state index in [2.05, 4.69) is 6.58 Å². The number of hydrogen-bond acceptors (Lipinski definition) is 10. The van der Waals surface area contributed by atoms with Crippen molar-refractivity contribution in [1.29, 1.82) is 0 Å². The van der Waals surface area contributed by atoms with E-state index in [1.54, 1.807) is 33.8 Å². The molecule has 2 saturated heterocycles. The molecule has 1 saturated carbocycles. The monoisotopic (exact) mass is 530 g/mol. The van der Waals surface area contributed by atoms with Gasteiger partial charge < -0.3 is 39.0 Å². The third-order valence-corrected chi connectivity index (χ3v) is 8.15. The van der Waals surface area contributed by atoms with E-state index in [1.807, 2.05) is 0 Å². The summed E-state index contributed by atoms with van der Waals surface area (Å²) >= 11 is 0. The quantitative estimate of drug-likeness (QED) is 0.371. The van der Waals surface area contributed by atoms with Gasteiger partial charge in [-0.3, -0.25) is 0 Å². The second-order valence-electron chi connectivity index (χ2n) is 10.9. The third-order valence-electron chi connectivity index (χ3n) is 8.15. The van der Waals surface area contributed by atoms with Gasteiger partial charge in [0.1, 0.15) is 11.9 Å². The number of aryl methyl sites for hydroxylation is 1. The fourth-order valence-corrected chi connectivity index (χ4v) is 6.87. The molecule has 38 heavy (non-hydrogen) atoms. The molecule has 3 N–H and O–H groups in total. The lowest BCUT2D eigenvalue weighted by molar-refractivity contribution is -0.249. The largest absolute Gasteiger partial charge is 0.504 e. The van der Waals surface area contributed by atoms with Crippen molar-refractivity contribution in [2.75, 3.05) is 19.8 Å². The summed E-state index contributed by atoms with van der Waals surface area (Å²) in [4.78, 5) is 26.3. The van der Waals surface area contributed by atoms with Crippen LogP contribution in [0.4, 0.5) is 0 Å². The molecule has 1 spiro atoms. The van der Waals surface area contributed by atoms with Gasteiger partial charge in [-0.2, -0.15) is 0 Å². The predicted molar refractivity (Wildman–Crippen MR) is 133 cm³/mol. The second kappa shape index (κ2) is 8.54. The number of carbonyl (C=O) groups is 2. The van der Waals surface area contributed by atoms with Crippen molar-refractivity contribution in [3.8, 4) is 11.5 Å². The Kier molecular flexibility index (Phi) is 6.00. The number of carbonyl (C=O) groups excluding carboxylic acids is 2. The Bertz CT molecular complexity index is 1270. The van der Waals surface area contributed by atoms with Crippen LogP contribution in [-0.2, 0) is 28.5 Å². The number of phenols is 1. The molecule has 10 nitrogen and oxygen atoms in total. The molecule has 6 unspecified atom stereocenters. The molecule has 10 heteroatoms. The molecule has 0 amide bonds. The van der Waals surface area contributed by atoms with Crippen molar-refractivity contribution in [3.63, 3.8) is 0 Å². The molecule has 1 aromatic rings. The summed E-state index contributed by atoms with van der Waals surface area (Å²) in [6.07, 6.45) is -2.61. The van der Waals surface area contributed by atoms with E-state index >= 15 is 0 Å². The van der Waals surface area contributed by atoms with Crippen molar-refractivity contribution in [2.24, 2.45) is 11.3 Å². The molecule has 0 aromatic heterocycles. The van der Waals surface area contributed by atoms with Crippen LogP contribution in [0.15, 0.2) is 24.0 Å². The number of benzene rings is 1. The van der Waals surface area contributed by atoms with Crippen LogP contribution < -0.4 is 4.74 Å². The molecule has 206 valence electrons. The first kappa shape index (κ1) is 26.7. The highest BCUT2D eigenvalue weighted by Gasteiger charge is 2.78. The Labute approximate surface area is 220 Å². The molecule has 2 aliphatic carbocycles. The smallest absolute Gasteiger partial charge is 0.353 e. The number of ether oxygens (including phenoxy) is 5. The Morgan fingerprint density at radius 3 is 2.55 bits per heavy atom. The Morgan fingerprint density at radius 2 is 1.95 bits per heavy atom. The van der Waals surface area contributed by atoms with Gasteiger partial charge in [0.05, 0.1) is 24.5 Å². The lowest BCUT2D eigenvalue weighted by Crippen LogP contribution is -2.65. The standard InChI is InChI=1S/C28H34O10/c1-8-34-19-15(29)10-12(3)16-13(4)22-27-11-36-28(33,21(27)17(16)19)23(35-9-2)14(5)18(27)20(24(30)38-22)37-25(31)26(6,7)32/h10,18,20-21,23,29,32-33H,5,8-9,11H2,1-4,6-7H3. The SMILES string of the molecule is C=C1C(OCC)C2(O)OCC34C(=C(C)c5c(C)cc(O)c(OCC)c5C23)OC(=O)C(OC(=O)C(C)(C)O)C14. The van der Waals surface area contributed by atoms with Gasteiger partial charge in [0.2, 0.25) is 11.9 Å². The fourth-order valence-electron chi connectivity index (χ4n) is 6.87. The topological polar surface area (TPSA) is 141 Å². The summed E-state index contributed by atoms with van der Waals surface area (Å²) < 4.78 is 29.6. The highest BCUT2D eigenvalue weighted by atomic mass is 16.7. The highest BCUT2D eigenvalue weighted by molar-refractivity contribution is 5.89. The van der Waals surface area contributed by atoms with Gasteiger partial charge in [-0.05, 0) is 69.9 Å². The summed E-state index contributed by atoms with van der Waals surface area (Å²) in [6.45, 7) is 14.2. The van der Waals surface area contributed by atoms with E-state index in [-0.39, 0.29) is 37.1 Å². The maximum Gasteiger partial charge on any atom is 0.353 e. The highest BCUT2D eigenvalue weighted by Crippen LogP contribution is 2.72. The zero-order valence-electron chi connectivity index (χ0n) is 22.4. The molecule has 2 heterocycles. The maximum atomic E-state index is 13.5. The van der Waals surface area contributed by atoms with E-state index in [0.29, 0.717) is 27.8 Å². The van der Waals surface area contributed by atoms with Crippen LogP contribution in [0.25, 0.3) is 5.57 Å². The van der Waals surface area contributed by atoms with Crippen LogP contribution in [0, 0.1) is 18.3 Å². The Morgan fingerprint density at radius 1 is 1.26 bits per heavy atom. The van der Waals surface area contributed by atoms with Crippen LogP contribution in [-0.4, -0.2) is 70.7 Å². The van der Waals surface area contributed by atoms with Gasteiger partial charge >= 0.3 is 11.9 Å². The first-order valence-corrected chi connectivity index (χ1v) is 12.8. The van der Waals surface area contributed by atoms with Crippen molar-refractivity contribution in [1.82, 2.24) is 0 Å². The first-order valence-electron chi connectivity index (χ1n) is 12.8. The molecule has 4 aliphatic rings. The van der Waals surface area contributed by atoms with E-state index < -0.39 is 52.8 Å². The van der Waals surface area contributed by atoms with E-state index in [1.165, 1.54) is 13.8 Å². The predicted octanol–water partition coefficient (Wildman–Crippen LogP) is 2.46. The average Bonchev–Trinajstić information content (AvgIpc) is 3.09. The van der Waals surface area contributed by atoms with Crippen molar-refractivity contribution < 1.29 is 48.6 Å². The van der Waals surface area contributed by atoms with Gasteiger partial charge in [0.15, 0.2) is 17.1 Å². The minimum atomic E-state index is -1.97. The Hall–Kier alpha value is -2.92. The van der Waals surface area contributed by atoms with Gasteiger partial charge in [-0.15, -0.1) is 0 Å². The lowest BCUT2D eigenvalue weighted by atomic mass is 9.49. The molecule has 3 fully saturated rings. The van der Waals surface area contributed by atoms with Crippen LogP contribution in [0.1, 0.15) is 57.2 Å². The molecule has 2 aliphatic heterocycles. The van der Waals surface area contributed by atoms with E-state index in [9.17, 15) is 24.9 Å². The number of allylic oxidation sites excluding steroid dienone is 1. The average molecular weight is 531 g/mol. The number of hydrogen-bond donors (Lipinski definition) is 3. The van der Waals surface area contributed by atoms with E-state index in [4.69, 9.17) is 23.7 Å². The molecule has 2 bridgehead atoms. The number of aliphatic hydroxyl groups is 2. The summed E-state index contributed by atoms with van der Waals surface area (Å²) in [5.74, 6) is -5.33. The van der Waals surface area contributed by atoms with Gasteiger partial charge in [0.25, 0.3) is 0 Å². The lowest BCUT2D eigenvalue weighted by Gasteiger charge is -2.57. The van der Waals surface area contributed by atoms with Crippen LogP contribution in [0.2, 0.25) is 0 Å². The van der Waals surface area contributed by atoms with Gasteiger partial charge in [-0.25, -0.2) is 9.59 Å². The molecule has 1 aromatic carbocycles. The summed E-state index contributed by atoms with van der Waals surface area (Å²) in [5.41, 5.74) is -0.376. The first-order chi connectivity index (χ1) is 17.8. The Balaban J connectivity index is 1.84. The van der Waals surface area contributed by atoms with Crippen LogP contribution in [0.5, 0.6) is 11.5 Å². The van der Waals surface area contributed by atoms with Crippen molar-refractivity contribution in [2.45, 2.75) is 71.1 Å². The molecular formula is C28H34O10. The maximum absolute atomic E-state index is 13.5. The van der Waals surface area contributed by atoms with Gasteiger partial charge in [-0.1, -0.05) is 6.58 Å². The molecular weight excluding hydrogens is 496 g/mol. The van der Waals surface area contributed by atoms with Crippen molar-refractivity contribution >= 4 is 17.5 Å². The zero-order valence-corrected chi connectivity index (χ0v) is 22.4. The minimum absolute atomic E-state index is 0.106. The number of rotatable bonds is 6. The van der Waals surface area contributed by atoms with Crippen LogP contribution in [0.3, 0.4) is 0 Å². The molecule has 5 rings (SSSR count). The fraction of sp³-hybridized carbons (Fsp3) is 0.571. The molecule has 6 atom stereocenters. The minimum Gasteiger partial charge on any atom is -0.504 e. The summed E-state index contributed by atoms with van der Waals surface area (Å²) in [6, 6.07) is 1.57. The number of esters is 2. The molecule has 0 radical (unpaired) electrons. The van der Waals surface area contributed by atoms with Crippen LogP contribution >= 0.6 is 0 Å².